The topological polar surface area (TPSA) is 87.4 Å². The maximum Gasteiger partial charge on any atom is 0.337 e. The molecular formula is C47H53ClFNO4. The second-order valence-electron chi connectivity index (χ2n) is 12.0. The van der Waals surface area contributed by atoms with Gasteiger partial charge in [0.2, 0.25) is 0 Å². The molecule has 7 heteroatoms. The van der Waals surface area contributed by atoms with Gasteiger partial charge in [0.15, 0.2) is 0 Å². The van der Waals surface area contributed by atoms with E-state index in [4.69, 9.17) is 22.0 Å². The lowest BCUT2D eigenvalue weighted by molar-refractivity contribution is -0.135. The van der Waals surface area contributed by atoms with Gasteiger partial charge in [-0.2, -0.15) is 5.26 Å². The molecule has 0 aromatic carbocycles. The van der Waals surface area contributed by atoms with Crippen LogP contribution in [0.15, 0.2) is 190 Å². The maximum atomic E-state index is 11.7. The summed E-state index contributed by atoms with van der Waals surface area (Å²) in [5, 5.41) is 17.4. The zero-order valence-electron chi connectivity index (χ0n) is 31.9. The highest BCUT2D eigenvalue weighted by molar-refractivity contribution is 6.31. The normalized spacial score (nSPS) is 17.4. The molecule has 0 saturated heterocycles. The Morgan fingerprint density at radius 3 is 1.19 bits per heavy atom. The fourth-order valence-corrected chi connectivity index (χ4v) is 4.65. The minimum absolute atomic E-state index is 0.102. The van der Waals surface area contributed by atoms with Crippen LogP contribution in [0.25, 0.3) is 0 Å². The van der Waals surface area contributed by atoms with Crippen LogP contribution >= 0.6 is 11.6 Å². The summed E-state index contributed by atoms with van der Waals surface area (Å²) >= 11 is 5.49. The van der Waals surface area contributed by atoms with Crippen molar-refractivity contribution in [2.45, 2.75) is 72.1 Å². The zero-order chi connectivity index (χ0) is 39.8. The number of allylic oxidation sites excluding steroid dienone is 28. The first-order chi connectivity index (χ1) is 26.0. The molecule has 0 aliphatic heterocycles. The van der Waals surface area contributed by atoms with E-state index in [0.29, 0.717) is 11.1 Å². The van der Waals surface area contributed by atoms with Gasteiger partial charge in [0, 0.05) is 10.6 Å². The number of carboxylic acids is 1. The van der Waals surface area contributed by atoms with Gasteiger partial charge in [-0.25, -0.2) is 14.0 Å². The van der Waals surface area contributed by atoms with Gasteiger partial charge in [0.05, 0.1) is 24.3 Å². The largest absolute Gasteiger partial charge is 0.478 e. The van der Waals surface area contributed by atoms with Crippen molar-refractivity contribution in [3.05, 3.63) is 190 Å². The van der Waals surface area contributed by atoms with Crippen LogP contribution in [0.3, 0.4) is 0 Å². The molecule has 8 rings (SSSR count). The summed E-state index contributed by atoms with van der Waals surface area (Å²) in [6, 6.07) is 2.04. The van der Waals surface area contributed by atoms with Crippen molar-refractivity contribution >= 4 is 23.5 Å². The molecule has 0 bridgehead atoms. The average Bonchev–Trinajstić information content (AvgIpc) is 4.02. The van der Waals surface area contributed by atoms with Gasteiger partial charge < -0.3 is 9.84 Å². The van der Waals surface area contributed by atoms with Crippen LogP contribution in [0.2, 0.25) is 0 Å². The number of carbonyl (C=O) groups is 2. The Morgan fingerprint density at radius 1 is 0.593 bits per heavy atom. The number of nitrogens with zero attached hydrogens (tertiary/aromatic N) is 1. The lowest BCUT2D eigenvalue weighted by Crippen LogP contribution is -2.00. The molecular weight excluding hydrogens is 697 g/mol. The lowest BCUT2D eigenvalue weighted by atomic mass is 10.3. The molecule has 0 aromatic heterocycles. The Labute approximate surface area is 327 Å². The number of hydrogen-bond donors (Lipinski definition) is 1. The van der Waals surface area contributed by atoms with Gasteiger partial charge >= 0.3 is 11.9 Å². The molecule has 0 atom stereocenters. The van der Waals surface area contributed by atoms with Gasteiger partial charge in [-0.15, -0.1) is 0 Å². The first-order valence-corrected chi connectivity index (χ1v) is 18.3. The van der Waals surface area contributed by atoms with E-state index >= 15 is 0 Å². The number of rotatable bonds is 2. The number of esters is 1. The molecule has 0 spiro atoms. The second kappa shape index (κ2) is 30.0. The van der Waals surface area contributed by atoms with Crippen LogP contribution in [0.1, 0.15) is 72.1 Å². The van der Waals surface area contributed by atoms with E-state index in [1.54, 1.807) is 30.4 Å². The Hall–Kier alpha value is -5.51. The third-order valence-corrected chi connectivity index (χ3v) is 7.71. The summed E-state index contributed by atoms with van der Waals surface area (Å²) < 4.78 is 16.2. The zero-order valence-corrected chi connectivity index (χ0v) is 32.6. The molecule has 284 valence electrons. The van der Waals surface area contributed by atoms with Crippen LogP contribution in [0.5, 0.6) is 0 Å². The Kier molecular flexibility index (Phi) is 25.8. The van der Waals surface area contributed by atoms with Gasteiger partial charge in [0.25, 0.3) is 0 Å². The minimum atomic E-state index is -0.834. The third-order valence-electron chi connectivity index (χ3n) is 7.43. The number of carbonyl (C=O) groups excluding carboxylic acids is 1. The molecule has 5 nitrogen and oxygen atoms in total. The summed E-state index contributed by atoms with van der Waals surface area (Å²) in [6.45, 7) is 6.34. The van der Waals surface area contributed by atoms with Crippen molar-refractivity contribution in [3.63, 3.8) is 0 Å². The number of hydrogen-bond acceptors (Lipinski definition) is 4. The van der Waals surface area contributed by atoms with Crippen LogP contribution in [0.4, 0.5) is 4.39 Å². The lowest BCUT2D eigenvalue weighted by Gasteiger charge is -1.93. The second-order valence-corrected chi connectivity index (χ2v) is 12.5. The summed E-state index contributed by atoms with van der Waals surface area (Å²) in [4.78, 5) is 20.8. The molecule has 54 heavy (non-hydrogen) atoms. The van der Waals surface area contributed by atoms with E-state index in [0.717, 1.165) is 62.0 Å². The molecule has 0 amide bonds. The number of aliphatic carboxylic acids is 1. The van der Waals surface area contributed by atoms with Gasteiger partial charge in [0.1, 0.15) is 5.83 Å². The molecule has 0 heterocycles. The fourth-order valence-electron chi connectivity index (χ4n) is 4.47. The minimum Gasteiger partial charge on any atom is -0.478 e. The summed E-state index contributed by atoms with van der Waals surface area (Å²) in [5.41, 5.74) is 6.06. The Morgan fingerprint density at radius 2 is 1.00 bits per heavy atom. The van der Waals surface area contributed by atoms with E-state index in [1.807, 2.05) is 60.8 Å². The van der Waals surface area contributed by atoms with Crippen LogP contribution < -0.4 is 0 Å². The van der Waals surface area contributed by atoms with E-state index in [2.05, 4.69) is 80.2 Å². The van der Waals surface area contributed by atoms with Crippen molar-refractivity contribution in [2.24, 2.45) is 0 Å². The molecule has 8 aliphatic carbocycles. The Balaban J connectivity index is 0.000000310. The van der Waals surface area contributed by atoms with E-state index in [1.165, 1.54) is 29.9 Å². The van der Waals surface area contributed by atoms with E-state index in [-0.39, 0.29) is 11.8 Å². The molecule has 8 aliphatic rings. The van der Waals surface area contributed by atoms with Crippen molar-refractivity contribution in [3.8, 4) is 6.07 Å². The SMILES string of the molecule is CC1=CCC=C1.CC1=CCC=C1.CC1=CCC=C1.COC(=O)C1=CCC=C1.ClC1=CCC=C1.FC1=CCC=C1.N#CC1=CCC=C1.O=C(O)C1=CCC=C1. The number of methoxy groups -OCH3 is 1. The number of nitriles is 1. The summed E-state index contributed by atoms with van der Waals surface area (Å²) in [7, 11) is 1.38. The number of halogens is 2. The van der Waals surface area contributed by atoms with Crippen molar-refractivity contribution in [1.82, 2.24) is 0 Å². The van der Waals surface area contributed by atoms with Gasteiger partial charge in [-0.05, 0) is 96.4 Å². The molecule has 0 fully saturated rings. The predicted molar refractivity (Wildman–Crippen MR) is 224 cm³/mol. The molecule has 0 radical (unpaired) electrons. The van der Waals surface area contributed by atoms with Crippen LogP contribution in [-0.2, 0) is 14.3 Å². The van der Waals surface area contributed by atoms with Crippen LogP contribution in [-0.4, -0.2) is 24.2 Å². The highest BCUT2D eigenvalue weighted by Gasteiger charge is 2.07. The summed E-state index contributed by atoms with van der Waals surface area (Å²) in [6.07, 6.45) is 54.4. The number of ether oxygens (including phenoxy) is 1. The monoisotopic (exact) mass is 749 g/mol. The predicted octanol–water partition coefficient (Wildman–Crippen LogP) is 12.9. The summed E-state index contributed by atoms with van der Waals surface area (Å²) in [5.74, 6) is -1.18. The van der Waals surface area contributed by atoms with Gasteiger partial charge in [-0.3, -0.25) is 0 Å². The highest BCUT2D eigenvalue weighted by atomic mass is 35.5. The van der Waals surface area contributed by atoms with Crippen LogP contribution in [0, 0.1) is 11.3 Å². The first-order valence-electron chi connectivity index (χ1n) is 17.9. The highest BCUT2D eigenvalue weighted by Crippen LogP contribution is 2.12. The van der Waals surface area contributed by atoms with Gasteiger partial charge in [-0.1, -0.05) is 150 Å². The van der Waals surface area contributed by atoms with E-state index in [9.17, 15) is 14.0 Å². The molecule has 0 aromatic rings. The first kappa shape index (κ1) is 46.5. The standard InChI is InChI=1S/C7H8O2.C6H5N.C6H6O2.3C6H8.C5H5Cl.C5H5F/c1-9-7(8)6-4-2-3-5-6;7-5-6-3-1-2-4-6;7-6(8)5-3-1-2-4-5;3*1-6-4-2-3-5-6;2*6-5-3-1-2-4-5/h2,4-5H,3H2,1H3;1,3-4H,2H2;1,3-4H,2H2,(H,7,8);3*2,4-5H,3H2,1H3;2*1,3-4H,2H2. The molecule has 0 unspecified atom stereocenters. The molecule has 1 N–H and O–H groups in total. The molecule has 0 saturated carbocycles. The Bertz CT molecular complexity index is 1610. The third kappa shape index (κ3) is 24.6. The van der Waals surface area contributed by atoms with E-state index < -0.39 is 5.97 Å². The van der Waals surface area contributed by atoms with Crippen molar-refractivity contribution in [2.75, 3.05) is 7.11 Å². The smallest absolute Gasteiger partial charge is 0.337 e. The van der Waals surface area contributed by atoms with Crippen molar-refractivity contribution < 1.29 is 23.8 Å². The average molecular weight is 750 g/mol. The fraction of sp³-hybridized carbons (Fsp3) is 0.255. The maximum absolute atomic E-state index is 11.7. The van der Waals surface area contributed by atoms with Crippen molar-refractivity contribution in [1.29, 1.82) is 5.26 Å². The quantitative estimate of drug-likeness (QED) is 0.284. The number of carboxylic acid groups (broad SMARTS) is 1.